The van der Waals surface area contributed by atoms with E-state index >= 15 is 0 Å². The number of likely N-dealkylation sites (tertiary alicyclic amines) is 1. The van der Waals surface area contributed by atoms with Crippen molar-refractivity contribution >= 4 is 6.09 Å². The van der Waals surface area contributed by atoms with Crippen molar-refractivity contribution in [1.82, 2.24) is 4.90 Å². The highest BCUT2D eigenvalue weighted by molar-refractivity contribution is 5.67. The van der Waals surface area contributed by atoms with Crippen molar-refractivity contribution < 1.29 is 14.6 Å². The van der Waals surface area contributed by atoms with Crippen LogP contribution in [-0.2, 0) is 11.3 Å². The minimum atomic E-state index is -0.256. The van der Waals surface area contributed by atoms with Crippen molar-refractivity contribution in [3.05, 3.63) is 35.9 Å². The lowest BCUT2D eigenvalue weighted by Gasteiger charge is -2.34. The zero-order valence-corrected chi connectivity index (χ0v) is 12.3. The van der Waals surface area contributed by atoms with Crippen molar-refractivity contribution in [3.63, 3.8) is 0 Å². The second kappa shape index (κ2) is 8.00. The standard InChI is InChI=1S/C16H24N2O3/c17-15(8-11-19)14-6-9-18(10-7-14)16(20)21-12-13-4-2-1-3-5-13/h1-5,14-15,19H,6-12,17H2/t15-/m0/s1. The number of benzene rings is 1. The Bertz CT molecular complexity index is 430. The van der Waals surface area contributed by atoms with Gasteiger partial charge in [-0.2, -0.15) is 0 Å². The average Bonchev–Trinajstić information content (AvgIpc) is 2.54. The molecule has 0 unspecified atom stereocenters. The molecule has 1 fully saturated rings. The zero-order chi connectivity index (χ0) is 15.1. The number of hydrogen-bond acceptors (Lipinski definition) is 4. The second-order valence-corrected chi connectivity index (χ2v) is 5.54. The summed E-state index contributed by atoms with van der Waals surface area (Å²) in [6, 6.07) is 9.69. The molecule has 2 rings (SSSR count). The van der Waals surface area contributed by atoms with Crippen molar-refractivity contribution in [1.29, 1.82) is 0 Å². The van der Waals surface area contributed by atoms with E-state index < -0.39 is 0 Å². The first-order valence-corrected chi connectivity index (χ1v) is 7.52. The maximum Gasteiger partial charge on any atom is 0.410 e. The Morgan fingerprint density at radius 2 is 2.00 bits per heavy atom. The zero-order valence-electron chi connectivity index (χ0n) is 12.3. The molecule has 1 aliphatic heterocycles. The molecule has 1 heterocycles. The van der Waals surface area contributed by atoms with Gasteiger partial charge in [0.1, 0.15) is 6.61 Å². The fourth-order valence-electron chi connectivity index (χ4n) is 2.71. The Labute approximate surface area is 125 Å². The molecule has 1 atom stereocenters. The lowest BCUT2D eigenvalue weighted by atomic mass is 9.88. The van der Waals surface area contributed by atoms with E-state index in [1.54, 1.807) is 4.90 Å². The number of ether oxygens (including phenoxy) is 1. The van der Waals surface area contributed by atoms with E-state index in [-0.39, 0.29) is 18.7 Å². The molecule has 0 bridgehead atoms. The number of piperidine rings is 1. The number of carbonyl (C=O) groups excluding carboxylic acids is 1. The summed E-state index contributed by atoms with van der Waals surface area (Å²) in [5.41, 5.74) is 7.01. The van der Waals surface area contributed by atoms with Crippen LogP contribution in [0.1, 0.15) is 24.8 Å². The average molecular weight is 292 g/mol. The van der Waals surface area contributed by atoms with E-state index in [0.29, 0.717) is 32.0 Å². The minimum absolute atomic E-state index is 0.0255. The van der Waals surface area contributed by atoms with Gasteiger partial charge in [0.2, 0.25) is 0 Å². The van der Waals surface area contributed by atoms with E-state index in [9.17, 15) is 4.79 Å². The van der Waals surface area contributed by atoms with Crippen LogP contribution in [0.15, 0.2) is 30.3 Å². The molecule has 0 radical (unpaired) electrons. The Hall–Kier alpha value is -1.59. The molecule has 21 heavy (non-hydrogen) atoms. The van der Waals surface area contributed by atoms with Crippen molar-refractivity contribution in [3.8, 4) is 0 Å². The van der Waals surface area contributed by atoms with E-state index in [0.717, 1.165) is 18.4 Å². The van der Waals surface area contributed by atoms with Crippen LogP contribution in [0.3, 0.4) is 0 Å². The summed E-state index contributed by atoms with van der Waals surface area (Å²) in [5.74, 6) is 0.385. The molecule has 0 aromatic heterocycles. The predicted octanol–water partition coefficient (Wildman–Crippen LogP) is 1.74. The lowest BCUT2D eigenvalue weighted by molar-refractivity contribution is 0.0785. The van der Waals surface area contributed by atoms with Crippen LogP contribution >= 0.6 is 0 Å². The predicted molar refractivity (Wildman–Crippen MR) is 80.6 cm³/mol. The highest BCUT2D eigenvalue weighted by atomic mass is 16.6. The molecule has 0 aliphatic carbocycles. The number of aliphatic hydroxyl groups is 1. The van der Waals surface area contributed by atoms with Gasteiger partial charge >= 0.3 is 6.09 Å². The number of aliphatic hydroxyl groups excluding tert-OH is 1. The van der Waals surface area contributed by atoms with Crippen LogP contribution in [0.4, 0.5) is 4.79 Å². The molecular formula is C16H24N2O3. The van der Waals surface area contributed by atoms with Crippen LogP contribution in [-0.4, -0.2) is 41.8 Å². The first-order chi connectivity index (χ1) is 10.2. The van der Waals surface area contributed by atoms with Crippen molar-refractivity contribution in [2.24, 2.45) is 11.7 Å². The van der Waals surface area contributed by atoms with Crippen molar-refractivity contribution in [2.75, 3.05) is 19.7 Å². The third-order valence-corrected chi connectivity index (χ3v) is 4.07. The molecule has 1 aromatic carbocycles. The number of nitrogens with two attached hydrogens (primary N) is 1. The number of rotatable bonds is 5. The second-order valence-electron chi connectivity index (χ2n) is 5.54. The van der Waals surface area contributed by atoms with E-state index in [1.807, 2.05) is 30.3 Å². The molecular weight excluding hydrogens is 268 g/mol. The smallest absolute Gasteiger partial charge is 0.410 e. The molecule has 0 spiro atoms. The van der Waals surface area contributed by atoms with Crippen LogP contribution in [0.2, 0.25) is 0 Å². The quantitative estimate of drug-likeness (QED) is 0.867. The maximum atomic E-state index is 12.0. The summed E-state index contributed by atoms with van der Waals surface area (Å²) in [6.45, 7) is 1.79. The monoisotopic (exact) mass is 292 g/mol. The molecule has 5 heteroatoms. The maximum absolute atomic E-state index is 12.0. The van der Waals surface area contributed by atoms with Crippen molar-refractivity contribution in [2.45, 2.75) is 31.9 Å². The summed E-state index contributed by atoms with van der Waals surface area (Å²) in [6.07, 6.45) is 2.12. The molecule has 1 aliphatic rings. The van der Waals surface area contributed by atoms with Gasteiger partial charge in [-0.3, -0.25) is 0 Å². The van der Waals surface area contributed by atoms with Gasteiger partial charge in [0.25, 0.3) is 0 Å². The minimum Gasteiger partial charge on any atom is -0.445 e. The summed E-state index contributed by atoms with van der Waals surface area (Å²) in [7, 11) is 0. The van der Waals surface area contributed by atoms with E-state index in [2.05, 4.69) is 0 Å². The highest BCUT2D eigenvalue weighted by Crippen LogP contribution is 2.21. The van der Waals surface area contributed by atoms with Gasteiger partial charge < -0.3 is 20.5 Å². The summed E-state index contributed by atoms with van der Waals surface area (Å²) < 4.78 is 5.33. The third-order valence-electron chi connectivity index (χ3n) is 4.07. The fourth-order valence-corrected chi connectivity index (χ4v) is 2.71. The Balaban J connectivity index is 1.73. The lowest BCUT2D eigenvalue weighted by Crippen LogP contribution is -2.43. The SMILES string of the molecule is N[C@@H](CCO)C1CCN(C(=O)OCc2ccccc2)CC1. The van der Waals surface area contributed by atoms with Crippen LogP contribution < -0.4 is 5.73 Å². The molecule has 1 saturated heterocycles. The van der Waals surface area contributed by atoms with Gasteiger partial charge in [-0.15, -0.1) is 0 Å². The third kappa shape index (κ3) is 4.72. The topological polar surface area (TPSA) is 75.8 Å². The largest absolute Gasteiger partial charge is 0.445 e. The number of carbonyl (C=O) groups is 1. The first-order valence-electron chi connectivity index (χ1n) is 7.52. The fraction of sp³-hybridized carbons (Fsp3) is 0.562. The molecule has 0 saturated carbocycles. The molecule has 5 nitrogen and oxygen atoms in total. The van der Waals surface area contributed by atoms with Crippen LogP contribution in [0.25, 0.3) is 0 Å². The molecule has 1 aromatic rings. The molecule has 3 N–H and O–H groups in total. The van der Waals surface area contributed by atoms with Gasteiger partial charge in [0.15, 0.2) is 0 Å². The van der Waals surface area contributed by atoms with E-state index in [4.69, 9.17) is 15.6 Å². The van der Waals surface area contributed by atoms with Gasteiger partial charge in [0.05, 0.1) is 0 Å². The summed E-state index contributed by atoms with van der Waals surface area (Å²) in [5, 5.41) is 8.92. The van der Waals surface area contributed by atoms with Gasteiger partial charge in [-0.25, -0.2) is 4.79 Å². The molecule has 116 valence electrons. The van der Waals surface area contributed by atoms with Crippen LogP contribution in [0, 0.1) is 5.92 Å². The Morgan fingerprint density at radius 1 is 1.33 bits per heavy atom. The Kier molecular flexibility index (Phi) is 6.02. The Morgan fingerprint density at radius 3 is 2.62 bits per heavy atom. The molecule has 1 amide bonds. The summed E-state index contributed by atoms with van der Waals surface area (Å²) in [4.78, 5) is 13.7. The number of amides is 1. The van der Waals surface area contributed by atoms with Gasteiger partial charge in [-0.05, 0) is 30.7 Å². The van der Waals surface area contributed by atoms with Gasteiger partial charge in [-0.1, -0.05) is 30.3 Å². The first kappa shape index (κ1) is 15.8. The summed E-state index contributed by atoms with van der Waals surface area (Å²) >= 11 is 0. The van der Waals surface area contributed by atoms with Gasteiger partial charge in [0, 0.05) is 25.7 Å². The van der Waals surface area contributed by atoms with Crippen LogP contribution in [0.5, 0.6) is 0 Å². The normalized spacial score (nSPS) is 17.5. The number of hydrogen-bond donors (Lipinski definition) is 2. The number of nitrogens with zero attached hydrogens (tertiary/aromatic N) is 1. The highest BCUT2D eigenvalue weighted by Gasteiger charge is 2.27. The van der Waals surface area contributed by atoms with E-state index in [1.165, 1.54) is 0 Å².